The molecule has 1 aromatic carbocycles. The number of nitrogens with one attached hydrogen (secondary N) is 1. The molecule has 0 spiro atoms. The number of carbonyl (C=O) groups excluding carboxylic acids is 2. The van der Waals surface area contributed by atoms with Crippen LogP contribution in [0, 0.1) is 6.92 Å². The quantitative estimate of drug-likeness (QED) is 0.387. The van der Waals surface area contributed by atoms with Gasteiger partial charge in [-0.2, -0.15) is 0 Å². The minimum atomic E-state index is -0.403. The number of thiophene rings is 1. The zero-order chi connectivity index (χ0) is 19.7. The number of hydrogen-bond donors (Lipinski definition) is 1. The van der Waals surface area contributed by atoms with Crippen LogP contribution in [0.4, 0.5) is 5.69 Å². The number of thioether (sulfide) groups is 1. The molecule has 2 aromatic heterocycles. The van der Waals surface area contributed by atoms with Crippen LogP contribution < -0.4 is 5.32 Å². The summed E-state index contributed by atoms with van der Waals surface area (Å²) < 4.78 is 4.67. The van der Waals surface area contributed by atoms with Gasteiger partial charge in [0.1, 0.15) is 15.7 Å². The van der Waals surface area contributed by atoms with Crippen LogP contribution in [0.1, 0.15) is 33.0 Å². The molecule has 0 saturated carbocycles. The molecule has 28 heavy (non-hydrogen) atoms. The molecular weight excluding hydrogens is 394 g/mol. The van der Waals surface area contributed by atoms with Crippen LogP contribution in [0.25, 0.3) is 10.2 Å². The van der Waals surface area contributed by atoms with Gasteiger partial charge in [-0.3, -0.25) is 4.79 Å². The molecule has 0 saturated heterocycles. The van der Waals surface area contributed by atoms with E-state index >= 15 is 0 Å². The van der Waals surface area contributed by atoms with Crippen LogP contribution in [0.2, 0.25) is 0 Å². The minimum absolute atomic E-state index is 0.118. The predicted octanol–water partition coefficient (Wildman–Crippen LogP) is 4.01. The second-order valence-corrected chi connectivity index (χ2v) is 8.57. The third-order valence-corrected chi connectivity index (χ3v) is 6.73. The molecule has 0 fully saturated rings. The highest BCUT2D eigenvalue weighted by Crippen LogP contribution is 2.40. The van der Waals surface area contributed by atoms with Gasteiger partial charge in [0, 0.05) is 16.0 Å². The van der Waals surface area contributed by atoms with Crippen LogP contribution in [0.15, 0.2) is 29.3 Å². The standard InChI is InChI=1S/C20H19N3O3S2/c1-11-21-18(17-14-4-3-5-15(14)28-19(17)22-11)27-10-16(24)23-13-8-6-12(7-9-13)20(25)26-2/h6-9H,3-5,10H2,1-2H3,(H,23,24). The summed E-state index contributed by atoms with van der Waals surface area (Å²) in [6.45, 7) is 1.89. The van der Waals surface area contributed by atoms with Crippen LogP contribution in [0.5, 0.6) is 0 Å². The van der Waals surface area contributed by atoms with Gasteiger partial charge >= 0.3 is 5.97 Å². The number of fused-ring (bicyclic) bond motifs is 3. The second-order valence-electron chi connectivity index (χ2n) is 6.52. The lowest BCUT2D eigenvalue weighted by atomic mass is 10.2. The van der Waals surface area contributed by atoms with E-state index in [1.807, 2.05) is 6.92 Å². The van der Waals surface area contributed by atoms with Crippen molar-refractivity contribution in [1.82, 2.24) is 9.97 Å². The van der Waals surface area contributed by atoms with Crippen LogP contribution >= 0.6 is 23.1 Å². The Hall–Kier alpha value is -2.45. The molecule has 2 heterocycles. The molecule has 0 bridgehead atoms. The fraction of sp³-hybridized carbons (Fsp3) is 0.300. The first-order valence-electron chi connectivity index (χ1n) is 8.95. The van der Waals surface area contributed by atoms with Crippen LogP contribution in [-0.4, -0.2) is 34.7 Å². The number of hydrogen-bond acceptors (Lipinski definition) is 7. The molecule has 1 N–H and O–H groups in total. The van der Waals surface area contributed by atoms with E-state index < -0.39 is 5.97 Å². The fourth-order valence-electron chi connectivity index (χ4n) is 3.31. The predicted molar refractivity (Wildman–Crippen MR) is 111 cm³/mol. The summed E-state index contributed by atoms with van der Waals surface area (Å²) in [5.41, 5.74) is 2.44. The molecule has 6 nitrogen and oxygen atoms in total. The molecule has 1 amide bonds. The van der Waals surface area contributed by atoms with Crippen molar-refractivity contribution in [2.45, 2.75) is 31.2 Å². The van der Waals surface area contributed by atoms with Gasteiger partial charge in [-0.15, -0.1) is 11.3 Å². The Labute approximate surface area is 170 Å². The second kappa shape index (κ2) is 7.89. The molecule has 0 aliphatic heterocycles. The molecule has 0 unspecified atom stereocenters. The maximum absolute atomic E-state index is 12.4. The number of amides is 1. The van der Waals surface area contributed by atoms with Gasteiger partial charge in [-0.1, -0.05) is 11.8 Å². The SMILES string of the molecule is COC(=O)c1ccc(NC(=O)CSc2nc(C)nc3sc4c(c23)CCC4)cc1. The summed E-state index contributed by atoms with van der Waals surface area (Å²) in [5, 5.41) is 4.87. The number of rotatable bonds is 5. The zero-order valence-electron chi connectivity index (χ0n) is 15.6. The maximum atomic E-state index is 12.4. The van der Waals surface area contributed by atoms with E-state index in [-0.39, 0.29) is 11.7 Å². The number of aromatic nitrogens is 2. The topological polar surface area (TPSA) is 81.2 Å². The van der Waals surface area contributed by atoms with E-state index in [4.69, 9.17) is 0 Å². The van der Waals surface area contributed by atoms with Gasteiger partial charge in [0.2, 0.25) is 5.91 Å². The van der Waals surface area contributed by atoms with Crippen molar-refractivity contribution in [3.8, 4) is 0 Å². The third-order valence-electron chi connectivity index (χ3n) is 4.57. The zero-order valence-corrected chi connectivity index (χ0v) is 17.2. The van der Waals surface area contributed by atoms with Gasteiger partial charge in [0.05, 0.1) is 18.4 Å². The Balaban J connectivity index is 1.46. The molecule has 1 aliphatic rings. The number of anilines is 1. The molecule has 1 aliphatic carbocycles. The molecule has 3 aromatic rings. The minimum Gasteiger partial charge on any atom is -0.465 e. The summed E-state index contributed by atoms with van der Waals surface area (Å²) in [7, 11) is 1.34. The fourth-order valence-corrected chi connectivity index (χ4v) is 5.58. The molecule has 8 heteroatoms. The number of carbonyl (C=O) groups is 2. The number of methoxy groups -OCH3 is 1. The average Bonchev–Trinajstić information content (AvgIpc) is 3.26. The molecular formula is C20H19N3O3S2. The van der Waals surface area contributed by atoms with Gasteiger partial charge in [0.25, 0.3) is 0 Å². The summed E-state index contributed by atoms with van der Waals surface area (Å²) in [6.07, 6.45) is 3.35. The van der Waals surface area contributed by atoms with Crippen LogP contribution in [-0.2, 0) is 22.4 Å². The van der Waals surface area contributed by atoms with Gasteiger partial charge in [-0.05, 0) is 56.0 Å². The van der Waals surface area contributed by atoms with E-state index in [1.165, 1.54) is 35.7 Å². The van der Waals surface area contributed by atoms with Crippen molar-refractivity contribution >= 4 is 50.9 Å². The largest absolute Gasteiger partial charge is 0.465 e. The van der Waals surface area contributed by atoms with Crippen molar-refractivity contribution in [1.29, 1.82) is 0 Å². The van der Waals surface area contributed by atoms with E-state index in [0.717, 1.165) is 33.9 Å². The van der Waals surface area contributed by atoms with Crippen molar-refractivity contribution in [2.24, 2.45) is 0 Å². The van der Waals surface area contributed by atoms with E-state index in [2.05, 4.69) is 20.0 Å². The Bertz CT molecular complexity index is 1060. The highest BCUT2D eigenvalue weighted by molar-refractivity contribution is 8.00. The summed E-state index contributed by atoms with van der Waals surface area (Å²) in [4.78, 5) is 35.5. The monoisotopic (exact) mass is 413 g/mol. The van der Waals surface area contributed by atoms with Crippen molar-refractivity contribution in [3.05, 3.63) is 46.1 Å². The number of aryl methyl sites for hydroxylation is 3. The van der Waals surface area contributed by atoms with Crippen molar-refractivity contribution in [3.63, 3.8) is 0 Å². The van der Waals surface area contributed by atoms with Gasteiger partial charge in [0.15, 0.2) is 0 Å². The first-order valence-corrected chi connectivity index (χ1v) is 10.8. The van der Waals surface area contributed by atoms with E-state index in [9.17, 15) is 9.59 Å². The Kier molecular flexibility index (Phi) is 5.32. The van der Waals surface area contributed by atoms with Crippen LogP contribution in [0.3, 0.4) is 0 Å². The summed E-state index contributed by atoms with van der Waals surface area (Å²) >= 11 is 3.20. The van der Waals surface area contributed by atoms with Crippen molar-refractivity contribution < 1.29 is 14.3 Å². The molecule has 144 valence electrons. The van der Waals surface area contributed by atoms with E-state index in [0.29, 0.717) is 11.3 Å². The van der Waals surface area contributed by atoms with Gasteiger partial charge < -0.3 is 10.1 Å². The average molecular weight is 414 g/mol. The van der Waals surface area contributed by atoms with E-state index in [1.54, 1.807) is 35.6 Å². The number of esters is 1. The maximum Gasteiger partial charge on any atom is 0.337 e. The highest BCUT2D eigenvalue weighted by Gasteiger charge is 2.22. The number of benzene rings is 1. The van der Waals surface area contributed by atoms with Gasteiger partial charge in [-0.25, -0.2) is 14.8 Å². The molecule has 0 radical (unpaired) electrons. The normalized spacial score (nSPS) is 12.8. The lowest BCUT2D eigenvalue weighted by Gasteiger charge is -2.07. The Morgan fingerprint density at radius 2 is 2.00 bits per heavy atom. The first kappa shape index (κ1) is 18.9. The number of ether oxygens (including phenoxy) is 1. The lowest BCUT2D eigenvalue weighted by molar-refractivity contribution is -0.113. The summed E-state index contributed by atoms with van der Waals surface area (Å²) in [5.74, 6) is 0.468. The Morgan fingerprint density at radius 3 is 2.75 bits per heavy atom. The first-order chi connectivity index (χ1) is 13.5. The summed E-state index contributed by atoms with van der Waals surface area (Å²) in [6, 6.07) is 6.63. The molecule has 0 atom stereocenters. The number of nitrogens with zero attached hydrogens (tertiary/aromatic N) is 2. The lowest BCUT2D eigenvalue weighted by Crippen LogP contribution is -2.14. The van der Waals surface area contributed by atoms with Crippen molar-refractivity contribution in [2.75, 3.05) is 18.2 Å². The third kappa shape index (κ3) is 3.74. The highest BCUT2D eigenvalue weighted by atomic mass is 32.2. The smallest absolute Gasteiger partial charge is 0.337 e. The molecule has 4 rings (SSSR count). The Morgan fingerprint density at radius 1 is 1.21 bits per heavy atom.